The molecule has 3 heteroatoms. The third kappa shape index (κ3) is 4.37. The van der Waals surface area contributed by atoms with E-state index in [2.05, 4.69) is 38.7 Å². The molecule has 3 aliphatic carbocycles. The minimum Gasteiger partial charge on any atom is -0.393 e. The Labute approximate surface area is 170 Å². The lowest BCUT2D eigenvalue weighted by Crippen LogP contribution is -2.34. The number of fused-ring (bicyclic) bond motifs is 1. The van der Waals surface area contributed by atoms with E-state index in [9.17, 15) is 15.3 Å². The molecule has 156 valence electrons. The molecule has 0 saturated heterocycles. The molecule has 3 N–H and O–H groups in total. The van der Waals surface area contributed by atoms with Crippen LogP contribution in [0.4, 0.5) is 0 Å². The minimum absolute atomic E-state index is 0.176. The van der Waals surface area contributed by atoms with E-state index in [1.54, 1.807) is 0 Å². The van der Waals surface area contributed by atoms with Gasteiger partial charge in [0.1, 0.15) is 0 Å². The first kappa shape index (κ1) is 21.5. The van der Waals surface area contributed by atoms with E-state index in [4.69, 9.17) is 0 Å². The summed E-state index contributed by atoms with van der Waals surface area (Å²) in [5.74, 6) is 0.903. The molecule has 3 aliphatic rings. The Bertz CT molecular complexity index is 706. The van der Waals surface area contributed by atoms with Gasteiger partial charge in [0, 0.05) is 6.42 Å². The summed E-state index contributed by atoms with van der Waals surface area (Å²) in [6.07, 6.45) is 12.0. The van der Waals surface area contributed by atoms with Crippen molar-refractivity contribution in [2.45, 2.75) is 90.4 Å². The van der Waals surface area contributed by atoms with Gasteiger partial charge in [-0.25, -0.2) is 0 Å². The van der Waals surface area contributed by atoms with Crippen LogP contribution in [0.2, 0.25) is 0 Å². The zero-order chi connectivity index (χ0) is 20.7. The molecule has 2 saturated carbocycles. The first-order valence-corrected chi connectivity index (χ1v) is 10.9. The monoisotopic (exact) mass is 386 g/mol. The number of rotatable bonds is 4. The molecule has 0 unspecified atom stereocenters. The van der Waals surface area contributed by atoms with Crippen LogP contribution < -0.4 is 0 Å². The average molecular weight is 387 g/mol. The fourth-order valence-electron chi connectivity index (χ4n) is 5.94. The molecule has 3 rings (SSSR count). The second-order valence-corrected chi connectivity index (χ2v) is 10.2. The zero-order valence-corrected chi connectivity index (χ0v) is 18.0. The highest BCUT2D eigenvalue weighted by Gasteiger charge is 2.46. The third-order valence-electron chi connectivity index (χ3n) is 7.21. The van der Waals surface area contributed by atoms with Gasteiger partial charge in [-0.2, -0.15) is 0 Å². The molecule has 0 aliphatic heterocycles. The van der Waals surface area contributed by atoms with Gasteiger partial charge >= 0.3 is 0 Å². The number of allylic oxidation sites excluding steroid dienone is 5. The van der Waals surface area contributed by atoms with Gasteiger partial charge in [-0.15, -0.1) is 0 Å². The summed E-state index contributed by atoms with van der Waals surface area (Å²) in [5.41, 5.74) is 4.26. The van der Waals surface area contributed by atoms with Crippen molar-refractivity contribution in [3.8, 4) is 0 Å². The van der Waals surface area contributed by atoms with Crippen LogP contribution in [0.3, 0.4) is 0 Å². The molecule has 0 spiro atoms. The fourth-order valence-corrected chi connectivity index (χ4v) is 5.94. The van der Waals surface area contributed by atoms with Crippen LogP contribution in [-0.2, 0) is 0 Å². The van der Waals surface area contributed by atoms with Crippen molar-refractivity contribution in [1.29, 1.82) is 0 Å². The second kappa shape index (κ2) is 7.93. The number of aliphatic hydroxyl groups excluding tert-OH is 2. The molecule has 0 amide bonds. The number of hydrogen-bond acceptors (Lipinski definition) is 3. The molecular formula is C25H38O3. The first-order chi connectivity index (χ1) is 13.0. The largest absolute Gasteiger partial charge is 0.393 e. The van der Waals surface area contributed by atoms with Crippen molar-refractivity contribution < 1.29 is 15.3 Å². The highest BCUT2D eigenvalue weighted by molar-refractivity contribution is 5.40. The molecule has 0 heterocycles. The van der Waals surface area contributed by atoms with Crippen molar-refractivity contribution >= 4 is 0 Å². The highest BCUT2D eigenvalue weighted by atomic mass is 16.3. The Kier molecular flexibility index (Phi) is 6.10. The Morgan fingerprint density at radius 2 is 2.04 bits per heavy atom. The maximum atomic E-state index is 10.3. The van der Waals surface area contributed by atoms with Crippen LogP contribution in [0.1, 0.15) is 72.6 Å². The zero-order valence-electron chi connectivity index (χ0n) is 18.0. The van der Waals surface area contributed by atoms with Crippen LogP contribution in [0.5, 0.6) is 0 Å². The average Bonchev–Trinajstić information content (AvgIpc) is 2.93. The van der Waals surface area contributed by atoms with Gasteiger partial charge in [0.05, 0.1) is 17.8 Å². The Hall–Kier alpha value is -1.16. The van der Waals surface area contributed by atoms with Crippen molar-refractivity contribution in [2.24, 2.45) is 17.3 Å². The van der Waals surface area contributed by atoms with E-state index in [0.29, 0.717) is 24.7 Å². The normalized spacial score (nSPS) is 37.9. The van der Waals surface area contributed by atoms with Gasteiger partial charge in [-0.1, -0.05) is 49.8 Å². The molecule has 2 fully saturated rings. The predicted molar refractivity (Wildman–Crippen MR) is 115 cm³/mol. The molecule has 0 bridgehead atoms. The van der Waals surface area contributed by atoms with Gasteiger partial charge in [-0.05, 0) is 80.8 Å². The van der Waals surface area contributed by atoms with E-state index < -0.39 is 17.8 Å². The lowest BCUT2D eigenvalue weighted by molar-refractivity contribution is 0.0557. The topological polar surface area (TPSA) is 60.7 Å². The Morgan fingerprint density at radius 1 is 1.32 bits per heavy atom. The van der Waals surface area contributed by atoms with Crippen molar-refractivity contribution in [3.05, 3.63) is 47.1 Å². The van der Waals surface area contributed by atoms with E-state index in [0.717, 1.165) is 30.4 Å². The first-order valence-electron chi connectivity index (χ1n) is 10.9. The lowest BCUT2D eigenvalue weighted by Gasteiger charge is -2.43. The summed E-state index contributed by atoms with van der Waals surface area (Å²) in [6, 6.07) is 0. The molecule has 0 radical (unpaired) electrons. The van der Waals surface area contributed by atoms with Gasteiger partial charge in [0.2, 0.25) is 0 Å². The SMILES string of the molecule is C=C1/C(=C\C=C2/CCC[C@]3(C)C([C@H](C)CC(C)(C)O)=CC[C@@H]23)C[C@@H](O)C[C@@H]1O. The summed E-state index contributed by atoms with van der Waals surface area (Å²) in [5, 5.41) is 30.4. The lowest BCUT2D eigenvalue weighted by atomic mass is 9.61. The van der Waals surface area contributed by atoms with Crippen LogP contribution in [0.15, 0.2) is 47.1 Å². The Balaban J connectivity index is 1.80. The summed E-state index contributed by atoms with van der Waals surface area (Å²) in [4.78, 5) is 0. The van der Waals surface area contributed by atoms with Crippen LogP contribution in [-0.4, -0.2) is 33.1 Å². The number of aliphatic hydroxyl groups is 3. The summed E-state index contributed by atoms with van der Waals surface area (Å²) in [7, 11) is 0. The summed E-state index contributed by atoms with van der Waals surface area (Å²) in [6.45, 7) is 12.5. The van der Waals surface area contributed by atoms with Gasteiger partial charge < -0.3 is 15.3 Å². The molecule has 0 aromatic carbocycles. The van der Waals surface area contributed by atoms with E-state index in [-0.39, 0.29) is 5.41 Å². The molecule has 0 aromatic heterocycles. The van der Waals surface area contributed by atoms with Crippen LogP contribution in [0, 0.1) is 17.3 Å². The maximum absolute atomic E-state index is 10.3. The van der Waals surface area contributed by atoms with Gasteiger partial charge in [0.25, 0.3) is 0 Å². The van der Waals surface area contributed by atoms with Gasteiger partial charge in [0.15, 0.2) is 0 Å². The second-order valence-electron chi connectivity index (χ2n) is 10.2. The quantitative estimate of drug-likeness (QED) is 0.606. The van der Waals surface area contributed by atoms with Crippen molar-refractivity contribution in [2.75, 3.05) is 0 Å². The van der Waals surface area contributed by atoms with Crippen LogP contribution in [0.25, 0.3) is 0 Å². The van der Waals surface area contributed by atoms with Crippen LogP contribution >= 0.6 is 0 Å². The standard InChI is InChI=1S/C25H38O3/c1-16(15-24(3,4)28)21-10-11-22-18(7-6-12-25(21,22)5)8-9-19-13-20(26)14-23(27)17(19)2/h8-10,16,20,22-23,26-28H,2,6-7,11-15H2,1,3-5H3/b18-8+,19-9-/t16-,20-,22+,23+,25-/m1/s1. The smallest absolute Gasteiger partial charge is 0.0811 e. The molecule has 0 aromatic rings. The van der Waals surface area contributed by atoms with E-state index >= 15 is 0 Å². The highest BCUT2D eigenvalue weighted by Crippen LogP contribution is 2.57. The molecule has 28 heavy (non-hydrogen) atoms. The predicted octanol–water partition coefficient (Wildman–Crippen LogP) is 4.84. The van der Waals surface area contributed by atoms with E-state index in [1.165, 1.54) is 24.0 Å². The van der Waals surface area contributed by atoms with Crippen molar-refractivity contribution in [3.63, 3.8) is 0 Å². The third-order valence-corrected chi connectivity index (χ3v) is 7.21. The molecular weight excluding hydrogens is 348 g/mol. The maximum Gasteiger partial charge on any atom is 0.0811 e. The number of hydrogen-bond donors (Lipinski definition) is 3. The molecule has 3 nitrogen and oxygen atoms in total. The summed E-state index contributed by atoms with van der Waals surface area (Å²) < 4.78 is 0. The minimum atomic E-state index is -0.643. The molecule has 5 atom stereocenters. The fraction of sp³-hybridized carbons (Fsp3) is 0.680. The Morgan fingerprint density at radius 3 is 2.71 bits per heavy atom. The van der Waals surface area contributed by atoms with Crippen molar-refractivity contribution in [1.82, 2.24) is 0 Å². The van der Waals surface area contributed by atoms with Gasteiger partial charge in [-0.3, -0.25) is 0 Å². The summed E-state index contributed by atoms with van der Waals surface area (Å²) >= 11 is 0. The van der Waals surface area contributed by atoms with E-state index in [1.807, 2.05) is 13.8 Å².